The number of carbonyl (C=O) groups excluding carboxylic acids is 2. The zero-order chi connectivity index (χ0) is 33.9. The van der Waals surface area contributed by atoms with E-state index >= 15 is 8.78 Å². The second kappa shape index (κ2) is 10.4. The van der Waals surface area contributed by atoms with E-state index in [1.165, 1.54) is 36.4 Å². The number of anilines is 1. The fraction of sp³-hybridized carbons (Fsp3) is 0.200. The van der Waals surface area contributed by atoms with Crippen LogP contribution in [0.2, 0.25) is 0 Å². The minimum atomic E-state index is -2.78. The maximum Gasteiger partial charge on any atom is 0.352 e. The van der Waals surface area contributed by atoms with Gasteiger partial charge in [-0.25, -0.2) is 50.4 Å². The number of hydrogen-bond donors (Lipinski definition) is 1. The highest BCUT2D eigenvalue weighted by Gasteiger charge is 2.76. The summed E-state index contributed by atoms with van der Waals surface area (Å²) in [5.41, 5.74) is -3.39. The van der Waals surface area contributed by atoms with E-state index in [-0.39, 0.29) is 28.3 Å². The van der Waals surface area contributed by atoms with Crippen molar-refractivity contribution in [1.29, 1.82) is 0 Å². The van der Waals surface area contributed by atoms with Gasteiger partial charge in [0.2, 0.25) is 5.82 Å². The van der Waals surface area contributed by atoms with Gasteiger partial charge in [0.25, 0.3) is 11.8 Å². The molecule has 4 aromatic rings. The van der Waals surface area contributed by atoms with Crippen LogP contribution in [0.4, 0.5) is 27.6 Å². The van der Waals surface area contributed by atoms with Crippen LogP contribution in [0.15, 0.2) is 74.2 Å². The standard InChI is InChI=1S/C30H16BrCl2F5N4O5/c31-12-6-7-17(43)15(10-12)18-14-8-9-39-27(46)40(13-4-2-1-3-5-13)28(47)42(39)16(14)11-29(32)25(44)41(26(45)30(18,29)33)24-22(37)20(35)19(34)21(36)23(24)38/h1-8,10,16,18,43H,9,11H2. The van der Waals surface area contributed by atoms with E-state index in [0.717, 1.165) is 13.9 Å². The molecule has 1 aliphatic carbocycles. The third kappa shape index (κ3) is 3.93. The summed E-state index contributed by atoms with van der Waals surface area (Å²) in [5, 5.41) is 11.0. The van der Waals surface area contributed by atoms with Gasteiger partial charge < -0.3 is 5.11 Å². The van der Waals surface area contributed by atoms with Gasteiger partial charge in [-0.15, -0.1) is 23.2 Å². The summed E-state index contributed by atoms with van der Waals surface area (Å²) in [5.74, 6) is -17.8. The molecule has 0 bridgehead atoms. The lowest BCUT2D eigenvalue weighted by Crippen LogP contribution is -2.59. The molecule has 3 aromatic carbocycles. The number of aromatic hydroxyl groups is 1. The van der Waals surface area contributed by atoms with Gasteiger partial charge in [-0.3, -0.25) is 9.59 Å². The number of amides is 2. The summed E-state index contributed by atoms with van der Waals surface area (Å²) in [4.78, 5) is 50.0. The zero-order valence-electron chi connectivity index (χ0n) is 23.2. The Morgan fingerprint density at radius 1 is 0.830 bits per heavy atom. The van der Waals surface area contributed by atoms with Crippen molar-refractivity contribution in [2.24, 2.45) is 0 Å². The van der Waals surface area contributed by atoms with Crippen LogP contribution in [0.5, 0.6) is 5.75 Å². The molecule has 1 saturated heterocycles. The normalized spacial score (nSPS) is 25.0. The van der Waals surface area contributed by atoms with Crippen molar-refractivity contribution in [3.63, 3.8) is 0 Å². The number of phenols is 1. The van der Waals surface area contributed by atoms with Crippen LogP contribution in [0.3, 0.4) is 0 Å². The molecule has 0 spiro atoms. The quantitative estimate of drug-likeness (QED) is 0.0777. The van der Waals surface area contributed by atoms with Crippen LogP contribution in [0, 0.1) is 29.1 Å². The van der Waals surface area contributed by atoms with Crippen LogP contribution in [0.25, 0.3) is 5.69 Å². The number of phenolic OH excluding ortho intramolecular Hbond substituents is 1. The van der Waals surface area contributed by atoms with Gasteiger partial charge in [-0.2, -0.15) is 0 Å². The van der Waals surface area contributed by atoms with Crippen molar-refractivity contribution < 1.29 is 36.6 Å². The van der Waals surface area contributed by atoms with Crippen molar-refractivity contribution in [2.45, 2.75) is 34.7 Å². The Labute approximate surface area is 277 Å². The summed E-state index contributed by atoms with van der Waals surface area (Å²) < 4.78 is 76.1. The minimum Gasteiger partial charge on any atom is -0.508 e. The number of fused-ring (bicyclic) bond motifs is 4. The molecule has 0 radical (unpaired) electrons. The molecule has 47 heavy (non-hydrogen) atoms. The Morgan fingerprint density at radius 2 is 1.45 bits per heavy atom. The summed E-state index contributed by atoms with van der Waals surface area (Å²) in [6.45, 7) is -0.267. The maximum absolute atomic E-state index is 15.1. The molecule has 1 N–H and O–H groups in total. The van der Waals surface area contributed by atoms with Crippen LogP contribution < -0.4 is 16.3 Å². The molecule has 4 atom stereocenters. The van der Waals surface area contributed by atoms with Crippen LogP contribution in [0.1, 0.15) is 23.9 Å². The molecule has 1 saturated carbocycles. The van der Waals surface area contributed by atoms with Gasteiger partial charge in [0.1, 0.15) is 11.4 Å². The minimum absolute atomic E-state index is 0.109. The lowest BCUT2D eigenvalue weighted by molar-refractivity contribution is -0.122. The average Bonchev–Trinajstić information content (AvgIpc) is 3.39. The van der Waals surface area contributed by atoms with Gasteiger partial charge in [-0.05, 0) is 35.9 Å². The number of alkyl halides is 2. The molecule has 4 unspecified atom stereocenters. The molecular weight excluding hydrogens is 742 g/mol. The van der Waals surface area contributed by atoms with Crippen molar-refractivity contribution in [3.05, 3.63) is 120 Å². The average molecular weight is 758 g/mol. The molecule has 3 aliphatic rings. The third-order valence-corrected chi connectivity index (χ3v) is 10.7. The summed E-state index contributed by atoms with van der Waals surface area (Å²) >= 11 is 17.3. The lowest BCUT2D eigenvalue weighted by atomic mass is 9.64. The van der Waals surface area contributed by atoms with Crippen molar-refractivity contribution >= 4 is 56.6 Å². The monoisotopic (exact) mass is 756 g/mol. The van der Waals surface area contributed by atoms with Crippen LogP contribution in [-0.2, 0) is 16.1 Å². The first-order valence-corrected chi connectivity index (χ1v) is 15.2. The highest BCUT2D eigenvalue weighted by atomic mass is 79.9. The molecule has 2 amide bonds. The second-order valence-corrected chi connectivity index (χ2v) is 13.3. The van der Waals surface area contributed by atoms with Gasteiger partial charge in [0.15, 0.2) is 33.0 Å². The largest absolute Gasteiger partial charge is 0.508 e. The summed E-state index contributed by atoms with van der Waals surface area (Å²) in [7, 11) is 0. The van der Waals surface area contributed by atoms with Crippen molar-refractivity contribution in [2.75, 3.05) is 4.90 Å². The highest BCUT2D eigenvalue weighted by molar-refractivity contribution is 9.10. The number of imide groups is 1. The molecular formula is C30H16BrCl2F5N4O5. The molecule has 9 nitrogen and oxygen atoms in total. The topological polar surface area (TPSA) is 107 Å². The van der Waals surface area contributed by atoms with Crippen molar-refractivity contribution in [3.8, 4) is 11.4 Å². The fourth-order valence-electron chi connectivity index (χ4n) is 6.73. The molecule has 17 heteroatoms. The van der Waals surface area contributed by atoms with E-state index in [1.807, 2.05) is 0 Å². The fourth-order valence-corrected chi connectivity index (χ4v) is 8.01. The Morgan fingerprint density at radius 3 is 2.09 bits per heavy atom. The predicted octanol–water partition coefficient (Wildman–Crippen LogP) is 5.16. The number of para-hydroxylation sites is 1. The number of rotatable bonds is 3. The number of benzene rings is 3. The molecule has 1 aromatic heterocycles. The van der Waals surface area contributed by atoms with Gasteiger partial charge in [0, 0.05) is 22.4 Å². The van der Waals surface area contributed by atoms with E-state index in [1.54, 1.807) is 18.2 Å². The Bertz CT molecular complexity index is 2210. The van der Waals surface area contributed by atoms with Crippen molar-refractivity contribution in [1.82, 2.24) is 13.9 Å². The van der Waals surface area contributed by atoms with Crippen LogP contribution >= 0.6 is 39.1 Å². The molecule has 242 valence electrons. The van der Waals surface area contributed by atoms with Gasteiger partial charge in [-0.1, -0.05) is 40.2 Å². The van der Waals surface area contributed by atoms with E-state index in [2.05, 4.69) is 15.9 Å². The first kappa shape index (κ1) is 31.4. The Hall–Kier alpha value is -4.21. The molecule has 7 rings (SSSR count). The molecule has 3 heterocycles. The Kier molecular flexibility index (Phi) is 6.94. The number of carbonyl (C=O) groups is 2. The smallest absolute Gasteiger partial charge is 0.352 e. The SMILES string of the molecule is O=C1N(c2c(F)c(F)c(F)c(F)c2F)C(=O)C2(Cl)C(c3cc(Br)ccc3O)C3=CCn4c(=O)n(-c5ccccc5)c(=O)n4C3CC12Cl. The summed E-state index contributed by atoms with van der Waals surface area (Å²) in [6.07, 6.45) is 0.676. The first-order chi connectivity index (χ1) is 22.2. The van der Waals surface area contributed by atoms with E-state index in [4.69, 9.17) is 23.2 Å². The second-order valence-electron chi connectivity index (χ2n) is 11.1. The zero-order valence-corrected chi connectivity index (χ0v) is 26.3. The lowest BCUT2D eigenvalue weighted by Gasteiger charge is -2.49. The predicted molar refractivity (Wildman–Crippen MR) is 160 cm³/mol. The van der Waals surface area contributed by atoms with Crippen LogP contribution in [-0.4, -0.2) is 40.6 Å². The van der Waals surface area contributed by atoms with Gasteiger partial charge in [0.05, 0.1) is 18.3 Å². The Balaban J connectivity index is 1.51. The number of hydrogen-bond acceptors (Lipinski definition) is 5. The summed E-state index contributed by atoms with van der Waals surface area (Å²) in [6, 6.07) is 10.5. The number of halogens is 8. The maximum atomic E-state index is 15.1. The van der Waals surface area contributed by atoms with E-state index in [9.17, 15) is 37.5 Å². The van der Waals surface area contributed by atoms with E-state index < -0.39 is 91.8 Å². The molecule has 2 aliphatic heterocycles. The highest BCUT2D eigenvalue weighted by Crippen LogP contribution is 2.65. The molecule has 2 fully saturated rings. The van der Waals surface area contributed by atoms with Gasteiger partial charge >= 0.3 is 11.4 Å². The first-order valence-electron chi connectivity index (χ1n) is 13.6. The number of nitrogens with zero attached hydrogens (tertiary/aromatic N) is 4. The van der Waals surface area contributed by atoms with E-state index in [0.29, 0.717) is 4.47 Å². The number of aromatic nitrogens is 3. The number of allylic oxidation sites excluding steroid dienone is 2. The third-order valence-electron chi connectivity index (χ3n) is 8.80.